The molecule has 304 valence electrons. The van der Waals surface area contributed by atoms with E-state index in [4.69, 9.17) is 24.8 Å². The third-order valence-electron chi connectivity index (χ3n) is 7.99. The Hall–Kier alpha value is -3.32. The molecule has 1 saturated heterocycles. The van der Waals surface area contributed by atoms with Gasteiger partial charge in [-0.2, -0.15) is 26.3 Å². The number of benzene rings is 2. The number of aliphatic hydroxyl groups is 5. The zero-order valence-corrected chi connectivity index (χ0v) is 29.3. The fourth-order valence-electron chi connectivity index (χ4n) is 5.24. The fourth-order valence-corrected chi connectivity index (χ4v) is 5.75. The summed E-state index contributed by atoms with van der Waals surface area (Å²) in [7, 11) is -3.37. The zero-order chi connectivity index (χ0) is 40.8. The van der Waals surface area contributed by atoms with Gasteiger partial charge < -0.3 is 50.1 Å². The van der Waals surface area contributed by atoms with Gasteiger partial charge in [-0.1, -0.05) is 12.1 Å². The van der Waals surface area contributed by atoms with E-state index in [1.807, 2.05) is 0 Å². The molecule has 3 aromatic rings. The lowest BCUT2D eigenvalue weighted by molar-refractivity contribution is -0.635. The summed E-state index contributed by atoms with van der Waals surface area (Å²) in [6.07, 6.45) is -18.4. The van der Waals surface area contributed by atoms with E-state index in [1.54, 1.807) is 17.3 Å². The van der Waals surface area contributed by atoms with Crippen molar-refractivity contribution in [1.82, 2.24) is 19.4 Å². The number of nitrogens with two attached hydrogens (primary N) is 1. The number of nitrogens with zero attached hydrogens (tertiary/aromatic N) is 3. The average molecular weight is 811 g/mol. The van der Waals surface area contributed by atoms with E-state index < -0.39 is 97.8 Å². The minimum Gasteiger partial charge on any atom is -0.394 e. The topological polar surface area (TPSA) is 248 Å². The molecule has 1 aromatic heterocycles. The van der Waals surface area contributed by atoms with Crippen LogP contribution in [0.5, 0.6) is 0 Å². The molecule has 1 fully saturated rings. The number of hydrogen-bond acceptors (Lipinski definition) is 11. The Labute approximate surface area is 301 Å². The van der Waals surface area contributed by atoms with Crippen LogP contribution >= 0.6 is 7.75 Å². The largest absolute Gasteiger partial charge is 0.454 e. The molecular formula is C30H40F7N5O11P+. The van der Waals surface area contributed by atoms with Crippen LogP contribution in [-0.4, -0.2) is 119 Å². The molecule has 0 spiro atoms. The summed E-state index contributed by atoms with van der Waals surface area (Å²) in [6, 6.07) is 5.01. The van der Waals surface area contributed by atoms with Crippen LogP contribution in [0.15, 0.2) is 47.3 Å². The van der Waals surface area contributed by atoms with Crippen molar-refractivity contribution >= 4 is 7.75 Å². The van der Waals surface area contributed by atoms with Gasteiger partial charge in [0.25, 0.3) is 0 Å². The minimum absolute atomic E-state index is 0.00603. The number of hydrogen-bond donors (Lipinski definition) is 9. The number of aromatic nitrogens is 3. The number of morpholine rings is 1. The predicted molar refractivity (Wildman–Crippen MR) is 169 cm³/mol. The highest BCUT2D eigenvalue weighted by molar-refractivity contribution is 7.49. The van der Waals surface area contributed by atoms with Crippen LogP contribution in [0.25, 0.3) is 0 Å². The first kappa shape index (κ1) is 45.1. The van der Waals surface area contributed by atoms with E-state index in [9.17, 15) is 60.1 Å². The van der Waals surface area contributed by atoms with Crippen LogP contribution in [0.3, 0.4) is 0 Å². The quantitative estimate of drug-likeness (QED) is 0.0815. The number of likely N-dealkylation sites (N-methyl/N-ethyl adjacent to an activating group) is 1. The normalized spacial score (nSPS) is 20.1. The SMILES string of the molecule is C[C@@H](O[C@H]1OCCN(Cc2nn(P(=O)(O)O)c(=O)[nH]2)[C@H]1c1ccc(F)cc1)c1cc(C(F)(F)F)cc(C(F)(F)F)c1.C[NH2+]C[C@H](O)[C@@H](O)[C@H](O)[C@H](O)CO. The summed E-state index contributed by atoms with van der Waals surface area (Å²) in [4.78, 5) is 34.3. The Morgan fingerprint density at radius 1 is 1.00 bits per heavy atom. The van der Waals surface area contributed by atoms with Crippen molar-refractivity contribution in [2.75, 3.05) is 33.4 Å². The Morgan fingerprint density at radius 3 is 2.04 bits per heavy atom. The number of rotatable bonds is 13. The zero-order valence-electron chi connectivity index (χ0n) is 28.4. The lowest BCUT2D eigenvalue weighted by atomic mass is 10.0. The molecule has 0 radical (unpaired) electrons. The van der Waals surface area contributed by atoms with Gasteiger partial charge in [-0.25, -0.2) is 13.8 Å². The van der Waals surface area contributed by atoms with E-state index in [0.717, 1.165) is 12.1 Å². The highest BCUT2D eigenvalue weighted by atomic mass is 31.2. The molecule has 0 amide bonds. The van der Waals surface area contributed by atoms with Crippen molar-refractivity contribution in [2.45, 2.75) is 68.7 Å². The predicted octanol–water partition coefficient (Wildman–Crippen LogP) is -0.0182. The molecule has 2 aromatic carbocycles. The summed E-state index contributed by atoms with van der Waals surface area (Å²) >= 11 is 0. The number of alkyl halides is 6. The number of ether oxygens (including phenoxy) is 2. The summed E-state index contributed by atoms with van der Waals surface area (Å²) < 4.78 is 117. The van der Waals surface area contributed by atoms with Crippen LogP contribution < -0.4 is 11.0 Å². The minimum atomic E-state index is -5.07. The second-order valence-corrected chi connectivity index (χ2v) is 13.5. The van der Waals surface area contributed by atoms with Crippen molar-refractivity contribution in [3.05, 3.63) is 86.8 Å². The van der Waals surface area contributed by atoms with Gasteiger partial charge in [0, 0.05) is 6.54 Å². The first-order valence-corrected chi connectivity index (χ1v) is 17.5. The standard InChI is InChI=1S/C23H22F7N4O6P.C7H17NO5/c1-12(14-8-15(22(25,26)27)10-16(9-14)23(28,29)30)40-20-19(13-2-4-17(24)5-3-13)33(6-7-39-20)11-18-31-21(35)34(32-18)41(36,37)38;1-8-2-4(10)6(12)7(13)5(11)3-9/h2-5,8-10,12,19-20H,6-7,11H2,1H3,(H,31,32,35)(H2,36,37,38);4-13H,2-3H2,1H3/p+1/t12-,19+,20-;4-,5+,6+,7+/m10/s1. The Balaban J connectivity index is 0.000000515. The summed E-state index contributed by atoms with van der Waals surface area (Å²) in [6.45, 7) is 0.609. The van der Waals surface area contributed by atoms with E-state index in [1.165, 1.54) is 19.1 Å². The van der Waals surface area contributed by atoms with Crippen molar-refractivity contribution in [1.29, 1.82) is 0 Å². The van der Waals surface area contributed by atoms with Gasteiger partial charge in [0.15, 0.2) is 6.29 Å². The van der Waals surface area contributed by atoms with Crippen LogP contribution in [0.2, 0.25) is 0 Å². The third-order valence-corrected chi connectivity index (χ3v) is 8.76. The van der Waals surface area contributed by atoms with Crippen LogP contribution in [0, 0.1) is 5.82 Å². The molecule has 0 aliphatic carbocycles. The molecule has 10 N–H and O–H groups in total. The smallest absolute Gasteiger partial charge is 0.394 e. The monoisotopic (exact) mass is 810 g/mol. The Bertz CT molecular complexity index is 1730. The molecule has 0 saturated carbocycles. The van der Waals surface area contributed by atoms with E-state index in [2.05, 4.69) is 10.1 Å². The van der Waals surface area contributed by atoms with Gasteiger partial charge in [-0.15, -0.1) is 9.55 Å². The Morgan fingerprint density at radius 2 is 1.56 bits per heavy atom. The molecular weight excluding hydrogens is 770 g/mol. The summed E-state index contributed by atoms with van der Waals surface area (Å²) in [5.74, 6) is -0.775. The fraction of sp³-hybridized carbons (Fsp3) is 0.533. The first-order chi connectivity index (χ1) is 25.0. The number of aromatic amines is 1. The number of nitrogens with one attached hydrogen (secondary N) is 1. The number of halogens is 7. The van der Waals surface area contributed by atoms with Crippen molar-refractivity contribution < 1.29 is 85.4 Å². The lowest BCUT2D eigenvalue weighted by Gasteiger charge is -2.41. The van der Waals surface area contributed by atoms with E-state index >= 15 is 0 Å². The molecule has 0 unspecified atom stereocenters. The average Bonchev–Trinajstić information content (AvgIpc) is 3.47. The lowest BCUT2D eigenvalue weighted by Crippen LogP contribution is -2.83. The summed E-state index contributed by atoms with van der Waals surface area (Å²) in [5, 5.41) is 50.2. The molecule has 2 heterocycles. The van der Waals surface area contributed by atoms with Crippen LogP contribution in [0.4, 0.5) is 30.7 Å². The van der Waals surface area contributed by atoms with Gasteiger partial charge in [0.1, 0.15) is 42.6 Å². The van der Waals surface area contributed by atoms with E-state index in [0.29, 0.717) is 17.7 Å². The molecule has 4 rings (SSSR count). The van der Waals surface area contributed by atoms with Crippen molar-refractivity contribution in [3.63, 3.8) is 0 Å². The highest BCUT2D eigenvalue weighted by Crippen LogP contribution is 2.40. The molecule has 54 heavy (non-hydrogen) atoms. The van der Waals surface area contributed by atoms with Crippen molar-refractivity contribution in [2.24, 2.45) is 0 Å². The van der Waals surface area contributed by atoms with Gasteiger partial charge >= 0.3 is 25.8 Å². The van der Waals surface area contributed by atoms with Gasteiger partial charge in [-0.3, -0.25) is 9.88 Å². The van der Waals surface area contributed by atoms with Crippen LogP contribution in [0.1, 0.15) is 47.1 Å². The van der Waals surface area contributed by atoms with Gasteiger partial charge in [0.2, 0.25) is 0 Å². The number of H-pyrrole nitrogens is 1. The molecule has 1 aliphatic rings. The molecule has 7 atom stereocenters. The first-order valence-electron chi connectivity index (χ1n) is 15.9. The number of aliphatic hydroxyl groups excluding tert-OH is 5. The maximum atomic E-state index is 13.7. The third kappa shape index (κ3) is 12.1. The second-order valence-electron chi connectivity index (χ2n) is 12.0. The molecule has 0 bridgehead atoms. The second kappa shape index (κ2) is 18.5. The highest BCUT2D eigenvalue weighted by Gasteiger charge is 2.40. The Kier molecular flexibility index (Phi) is 15.5. The molecule has 24 heteroatoms. The molecule has 1 aliphatic heterocycles. The van der Waals surface area contributed by atoms with Gasteiger partial charge in [-0.05, 0) is 48.4 Å². The van der Waals surface area contributed by atoms with E-state index in [-0.39, 0.29) is 42.6 Å². The van der Waals surface area contributed by atoms with Gasteiger partial charge in [0.05, 0.1) is 50.1 Å². The molecule has 16 nitrogen and oxygen atoms in total. The number of quaternary nitrogens is 1. The van der Waals surface area contributed by atoms with Crippen LogP contribution in [-0.2, 0) is 32.9 Å². The maximum absolute atomic E-state index is 13.7. The van der Waals surface area contributed by atoms with Crippen molar-refractivity contribution in [3.8, 4) is 0 Å². The summed E-state index contributed by atoms with van der Waals surface area (Å²) in [5.41, 5.74) is -4.31. The maximum Gasteiger partial charge on any atom is 0.454 e.